The van der Waals surface area contributed by atoms with Crippen molar-refractivity contribution < 1.29 is 13.2 Å². The minimum absolute atomic E-state index is 0.0226. The summed E-state index contributed by atoms with van der Waals surface area (Å²) in [6, 6.07) is 11.0. The van der Waals surface area contributed by atoms with Gasteiger partial charge in [0.05, 0.1) is 5.69 Å². The lowest BCUT2D eigenvalue weighted by atomic mass is 9.59. The molecular weight excluding hydrogens is 411 g/mol. The van der Waals surface area contributed by atoms with Crippen molar-refractivity contribution in [1.82, 2.24) is 15.0 Å². The number of aryl methyl sites for hydroxylation is 1. The van der Waals surface area contributed by atoms with Gasteiger partial charge in [0.1, 0.15) is 5.69 Å². The van der Waals surface area contributed by atoms with Crippen LogP contribution in [-0.2, 0) is 17.0 Å². The number of rotatable bonds is 2. The molecule has 0 unspecified atom stereocenters. The van der Waals surface area contributed by atoms with Gasteiger partial charge in [0, 0.05) is 23.0 Å². The zero-order valence-electron chi connectivity index (χ0n) is 19.5. The number of hydrogen-bond donors (Lipinski definition) is 0. The summed E-state index contributed by atoms with van der Waals surface area (Å²) < 4.78 is 39.4. The molecule has 0 bridgehead atoms. The highest BCUT2D eigenvalue weighted by atomic mass is 19.4. The van der Waals surface area contributed by atoms with E-state index in [2.05, 4.69) is 74.7 Å². The summed E-state index contributed by atoms with van der Waals surface area (Å²) >= 11 is 0. The molecule has 2 heterocycles. The Bertz CT molecular complexity index is 1190. The lowest BCUT2D eigenvalue weighted by Crippen LogP contribution is -2.42. The molecule has 2 aromatic heterocycles. The second-order valence-electron chi connectivity index (χ2n) is 10.3. The lowest BCUT2D eigenvalue weighted by molar-refractivity contribution is -0.141. The van der Waals surface area contributed by atoms with Crippen molar-refractivity contribution >= 4 is 0 Å². The molecule has 4 rings (SSSR count). The number of nitrogens with zero attached hydrogens (tertiary/aromatic N) is 3. The number of alkyl halides is 3. The first kappa shape index (κ1) is 22.4. The average molecular weight is 440 g/mol. The predicted octanol–water partition coefficient (Wildman–Crippen LogP) is 7.13. The van der Waals surface area contributed by atoms with Crippen LogP contribution in [0.5, 0.6) is 0 Å². The molecule has 0 saturated carbocycles. The third-order valence-electron chi connectivity index (χ3n) is 7.95. The highest BCUT2D eigenvalue weighted by Gasteiger charge is 2.56. The van der Waals surface area contributed by atoms with Crippen molar-refractivity contribution in [3.05, 3.63) is 65.1 Å². The van der Waals surface area contributed by atoms with E-state index in [-0.39, 0.29) is 27.8 Å². The minimum Gasteiger partial charge on any atom is -0.255 e. The Morgan fingerprint density at radius 3 is 1.97 bits per heavy atom. The predicted molar refractivity (Wildman–Crippen MR) is 120 cm³/mol. The molecular formula is C26H28F3N3. The molecule has 1 aliphatic rings. The summed E-state index contributed by atoms with van der Waals surface area (Å²) in [5.74, 6) is 0.0231. The summed E-state index contributed by atoms with van der Waals surface area (Å²) in [6.07, 6.45) is -2.98. The Morgan fingerprint density at radius 1 is 0.750 bits per heavy atom. The Morgan fingerprint density at radius 2 is 1.38 bits per heavy atom. The number of aromatic nitrogens is 3. The molecule has 3 aromatic rings. The molecule has 0 atom stereocenters. The van der Waals surface area contributed by atoms with Gasteiger partial charge in [-0.1, -0.05) is 53.7 Å². The van der Waals surface area contributed by atoms with Gasteiger partial charge in [-0.3, -0.25) is 4.98 Å². The van der Waals surface area contributed by atoms with Crippen LogP contribution in [0.4, 0.5) is 13.2 Å². The third-order valence-corrected chi connectivity index (χ3v) is 7.95. The highest BCUT2D eigenvalue weighted by molar-refractivity contribution is 5.66. The molecule has 0 fully saturated rings. The number of benzene rings is 1. The van der Waals surface area contributed by atoms with E-state index in [0.29, 0.717) is 5.56 Å². The van der Waals surface area contributed by atoms with Crippen LogP contribution in [0.15, 0.2) is 42.6 Å². The van der Waals surface area contributed by atoms with Gasteiger partial charge in [0.15, 0.2) is 5.82 Å². The molecule has 0 amide bonds. The van der Waals surface area contributed by atoms with Crippen LogP contribution >= 0.6 is 0 Å². The van der Waals surface area contributed by atoms with Gasteiger partial charge in [-0.25, -0.2) is 9.97 Å². The quantitative estimate of drug-likeness (QED) is 0.426. The third kappa shape index (κ3) is 3.23. The molecule has 32 heavy (non-hydrogen) atoms. The van der Waals surface area contributed by atoms with Crippen LogP contribution in [0.1, 0.15) is 64.1 Å². The summed E-state index contributed by atoms with van der Waals surface area (Å²) in [7, 11) is 0. The summed E-state index contributed by atoms with van der Waals surface area (Å²) in [4.78, 5) is 12.4. The van der Waals surface area contributed by atoms with E-state index in [1.807, 2.05) is 6.07 Å². The van der Waals surface area contributed by atoms with Crippen LogP contribution in [0.3, 0.4) is 0 Å². The van der Waals surface area contributed by atoms with Crippen molar-refractivity contribution in [1.29, 1.82) is 0 Å². The molecule has 0 spiro atoms. The fourth-order valence-electron chi connectivity index (χ4n) is 4.76. The van der Waals surface area contributed by atoms with Gasteiger partial charge in [-0.15, -0.1) is 0 Å². The van der Waals surface area contributed by atoms with Crippen LogP contribution < -0.4 is 0 Å². The normalized spacial score (nSPS) is 18.4. The van der Waals surface area contributed by atoms with Crippen LogP contribution in [-0.4, -0.2) is 15.0 Å². The largest absolute Gasteiger partial charge is 0.433 e. The second-order valence-corrected chi connectivity index (χ2v) is 10.3. The van der Waals surface area contributed by atoms with Crippen molar-refractivity contribution in [2.45, 2.75) is 65.5 Å². The van der Waals surface area contributed by atoms with Gasteiger partial charge < -0.3 is 0 Å². The van der Waals surface area contributed by atoms with E-state index < -0.39 is 11.9 Å². The molecule has 0 aliphatic heterocycles. The Hall–Kier alpha value is -2.76. The first-order chi connectivity index (χ1) is 14.7. The van der Waals surface area contributed by atoms with Crippen molar-refractivity contribution in [2.75, 3.05) is 0 Å². The topological polar surface area (TPSA) is 38.7 Å². The van der Waals surface area contributed by atoms with Crippen LogP contribution in [0, 0.1) is 12.3 Å². The molecule has 6 heteroatoms. The first-order valence-corrected chi connectivity index (χ1v) is 10.7. The maximum Gasteiger partial charge on any atom is 0.433 e. The summed E-state index contributed by atoms with van der Waals surface area (Å²) in [5, 5.41) is 0. The number of fused-ring (bicyclic) bond motifs is 1. The van der Waals surface area contributed by atoms with E-state index in [1.54, 1.807) is 6.07 Å². The first-order valence-electron chi connectivity index (χ1n) is 10.7. The zero-order chi connectivity index (χ0) is 23.7. The molecule has 1 aliphatic carbocycles. The van der Waals surface area contributed by atoms with Gasteiger partial charge in [-0.2, -0.15) is 13.2 Å². The van der Waals surface area contributed by atoms with Crippen LogP contribution in [0.25, 0.3) is 22.6 Å². The van der Waals surface area contributed by atoms with E-state index in [4.69, 9.17) is 0 Å². The van der Waals surface area contributed by atoms with Gasteiger partial charge in [0.2, 0.25) is 0 Å². The lowest BCUT2D eigenvalue weighted by Gasteiger charge is -2.44. The van der Waals surface area contributed by atoms with E-state index in [9.17, 15) is 13.2 Å². The number of pyridine rings is 1. The number of hydrogen-bond acceptors (Lipinski definition) is 3. The zero-order valence-corrected chi connectivity index (χ0v) is 19.5. The van der Waals surface area contributed by atoms with Crippen molar-refractivity contribution in [3.8, 4) is 22.6 Å². The maximum absolute atomic E-state index is 13.1. The van der Waals surface area contributed by atoms with Crippen molar-refractivity contribution in [3.63, 3.8) is 0 Å². The SMILES string of the molecule is Cc1cc(C(F)(F)F)nc(-c2ccc(-c3ccc4c(c3)C(C)(C)C(C)(C)C4(C)C)nc2)n1. The van der Waals surface area contributed by atoms with Gasteiger partial charge in [-0.05, 0) is 58.6 Å². The molecule has 0 N–H and O–H groups in total. The molecule has 168 valence electrons. The second kappa shape index (κ2) is 6.87. The Balaban J connectivity index is 1.73. The number of halogens is 3. The van der Waals surface area contributed by atoms with Crippen molar-refractivity contribution in [2.24, 2.45) is 5.41 Å². The van der Waals surface area contributed by atoms with Gasteiger partial charge in [0.25, 0.3) is 0 Å². The van der Waals surface area contributed by atoms with E-state index >= 15 is 0 Å². The smallest absolute Gasteiger partial charge is 0.255 e. The summed E-state index contributed by atoms with van der Waals surface area (Å²) in [5.41, 5.74) is 4.24. The molecule has 1 aromatic carbocycles. The standard InChI is InChI=1S/C26H28F3N3/c1-15-12-21(26(27,28)29)32-22(31-15)17-9-11-20(30-14-17)16-8-10-18-19(13-16)24(4,5)25(6,7)23(18,2)3/h8-14H,1-7H3. The molecule has 0 radical (unpaired) electrons. The monoisotopic (exact) mass is 439 g/mol. The minimum atomic E-state index is -4.52. The average Bonchev–Trinajstić information content (AvgIpc) is 2.81. The maximum atomic E-state index is 13.1. The van der Waals surface area contributed by atoms with E-state index in [0.717, 1.165) is 17.3 Å². The van der Waals surface area contributed by atoms with Crippen LogP contribution in [0.2, 0.25) is 0 Å². The Kier molecular flexibility index (Phi) is 4.81. The van der Waals surface area contributed by atoms with E-state index in [1.165, 1.54) is 24.2 Å². The summed E-state index contributed by atoms with van der Waals surface area (Å²) in [6.45, 7) is 15.3. The fraction of sp³-hybridized carbons (Fsp3) is 0.423. The fourth-order valence-corrected chi connectivity index (χ4v) is 4.76. The Labute approximate surface area is 187 Å². The van der Waals surface area contributed by atoms with Gasteiger partial charge >= 0.3 is 6.18 Å². The highest BCUT2D eigenvalue weighted by Crippen LogP contribution is 2.61. The molecule has 3 nitrogen and oxygen atoms in total. The molecule has 0 saturated heterocycles.